The molecule has 0 heterocycles. The van der Waals surface area contributed by atoms with E-state index in [0.29, 0.717) is 12.1 Å². The number of hydrogen-bond donors (Lipinski definition) is 2. The fourth-order valence-corrected chi connectivity index (χ4v) is 2.37. The van der Waals surface area contributed by atoms with Gasteiger partial charge in [0.25, 0.3) is 0 Å². The van der Waals surface area contributed by atoms with Crippen LogP contribution in [0.3, 0.4) is 0 Å². The lowest BCUT2D eigenvalue weighted by Crippen LogP contribution is -2.17. The molecule has 0 aromatic heterocycles. The molecule has 1 amide bonds. The molecule has 112 valence electrons. The van der Waals surface area contributed by atoms with Crippen molar-refractivity contribution in [2.45, 2.75) is 31.6 Å². The zero-order valence-corrected chi connectivity index (χ0v) is 12.7. The summed E-state index contributed by atoms with van der Waals surface area (Å²) in [7, 11) is -2.56. The van der Waals surface area contributed by atoms with Crippen molar-refractivity contribution in [3.05, 3.63) is 18.2 Å². The lowest BCUT2D eigenvalue weighted by atomic mass is 10.1. The second-order valence-corrected chi connectivity index (χ2v) is 6.21. The van der Waals surface area contributed by atoms with Crippen molar-refractivity contribution in [2.75, 3.05) is 12.4 Å². The summed E-state index contributed by atoms with van der Waals surface area (Å²) in [5, 5.41) is 7.77. The van der Waals surface area contributed by atoms with Gasteiger partial charge in [0.05, 0.1) is 7.11 Å². The molecule has 1 aromatic carbocycles. The van der Waals surface area contributed by atoms with Crippen LogP contribution in [0.4, 0.5) is 5.69 Å². The van der Waals surface area contributed by atoms with Crippen LogP contribution in [0.25, 0.3) is 0 Å². The van der Waals surface area contributed by atoms with E-state index in [4.69, 9.17) is 9.88 Å². The van der Waals surface area contributed by atoms with Crippen molar-refractivity contribution in [1.29, 1.82) is 0 Å². The molecule has 0 spiro atoms. The summed E-state index contributed by atoms with van der Waals surface area (Å²) < 4.78 is 27.9. The second-order valence-electron chi connectivity index (χ2n) is 4.68. The molecule has 7 heteroatoms. The average molecular weight is 300 g/mol. The molecule has 0 fully saturated rings. The van der Waals surface area contributed by atoms with E-state index in [9.17, 15) is 13.2 Å². The number of amides is 1. The smallest absolute Gasteiger partial charge is 0.241 e. The highest BCUT2D eigenvalue weighted by Gasteiger charge is 2.16. The Hall–Kier alpha value is -1.60. The van der Waals surface area contributed by atoms with E-state index in [1.165, 1.54) is 19.2 Å². The normalized spacial score (nSPS) is 12.8. The lowest BCUT2D eigenvalue weighted by molar-refractivity contribution is -0.117. The SMILES string of the molecule is CCC(C)CC(=O)Nc1ccc(OC)c(S(N)(=O)=O)c1. The number of anilines is 1. The van der Waals surface area contributed by atoms with Crippen molar-refractivity contribution in [1.82, 2.24) is 0 Å². The van der Waals surface area contributed by atoms with Crippen LogP contribution in [-0.2, 0) is 14.8 Å². The highest BCUT2D eigenvalue weighted by Crippen LogP contribution is 2.26. The molecular weight excluding hydrogens is 280 g/mol. The van der Waals surface area contributed by atoms with E-state index in [1.807, 2.05) is 13.8 Å². The maximum atomic E-state index is 11.8. The van der Waals surface area contributed by atoms with E-state index in [2.05, 4.69) is 5.32 Å². The Morgan fingerprint density at radius 1 is 1.45 bits per heavy atom. The van der Waals surface area contributed by atoms with Gasteiger partial charge >= 0.3 is 0 Å². The average Bonchev–Trinajstić information content (AvgIpc) is 2.37. The first-order valence-corrected chi connectivity index (χ1v) is 7.83. The van der Waals surface area contributed by atoms with Gasteiger partial charge in [-0.1, -0.05) is 20.3 Å². The van der Waals surface area contributed by atoms with E-state index in [1.54, 1.807) is 6.07 Å². The van der Waals surface area contributed by atoms with Crippen LogP contribution in [0.1, 0.15) is 26.7 Å². The van der Waals surface area contributed by atoms with Crippen LogP contribution in [0.15, 0.2) is 23.1 Å². The fraction of sp³-hybridized carbons (Fsp3) is 0.462. The predicted molar refractivity (Wildman–Crippen MR) is 77.1 cm³/mol. The van der Waals surface area contributed by atoms with Gasteiger partial charge in [-0.3, -0.25) is 4.79 Å². The molecule has 0 aliphatic carbocycles. The maximum absolute atomic E-state index is 11.8. The van der Waals surface area contributed by atoms with Gasteiger partial charge in [-0.15, -0.1) is 0 Å². The van der Waals surface area contributed by atoms with Crippen LogP contribution in [-0.4, -0.2) is 21.4 Å². The summed E-state index contributed by atoms with van der Waals surface area (Å²) in [6.45, 7) is 3.98. The van der Waals surface area contributed by atoms with Gasteiger partial charge in [-0.25, -0.2) is 13.6 Å². The number of benzene rings is 1. The Morgan fingerprint density at radius 2 is 2.10 bits per heavy atom. The number of nitrogens with one attached hydrogen (secondary N) is 1. The first kappa shape index (κ1) is 16.5. The van der Waals surface area contributed by atoms with E-state index < -0.39 is 10.0 Å². The van der Waals surface area contributed by atoms with Gasteiger partial charge in [0.15, 0.2) is 0 Å². The number of sulfonamides is 1. The second kappa shape index (κ2) is 6.71. The third-order valence-corrected chi connectivity index (χ3v) is 3.92. The number of carbonyl (C=O) groups excluding carboxylic acids is 1. The zero-order valence-electron chi connectivity index (χ0n) is 11.8. The molecule has 0 aliphatic rings. The molecule has 1 atom stereocenters. The van der Waals surface area contributed by atoms with Crippen molar-refractivity contribution >= 4 is 21.6 Å². The molecule has 0 bridgehead atoms. The maximum Gasteiger partial charge on any atom is 0.241 e. The first-order chi connectivity index (χ1) is 9.27. The number of ether oxygens (including phenoxy) is 1. The highest BCUT2D eigenvalue weighted by molar-refractivity contribution is 7.89. The first-order valence-electron chi connectivity index (χ1n) is 6.28. The number of rotatable bonds is 6. The fourth-order valence-electron chi connectivity index (χ4n) is 1.65. The minimum Gasteiger partial charge on any atom is -0.495 e. The van der Waals surface area contributed by atoms with Gasteiger partial charge in [-0.2, -0.15) is 0 Å². The minimum absolute atomic E-state index is 0.146. The van der Waals surface area contributed by atoms with Gasteiger partial charge in [0, 0.05) is 12.1 Å². The molecule has 3 N–H and O–H groups in total. The van der Waals surface area contributed by atoms with Crippen LogP contribution in [0, 0.1) is 5.92 Å². The number of carbonyl (C=O) groups is 1. The summed E-state index contributed by atoms with van der Waals surface area (Å²) >= 11 is 0. The minimum atomic E-state index is -3.91. The molecule has 1 rings (SSSR count). The molecule has 0 saturated carbocycles. The molecule has 20 heavy (non-hydrogen) atoms. The number of primary sulfonamides is 1. The van der Waals surface area contributed by atoms with Crippen LogP contribution < -0.4 is 15.2 Å². The predicted octanol–water partition coefficient (Wildman–Crippen LogP) is 1.72. The monoisotopic (exact) mass is 300 g/mol. The van der Waals surface area contributed by atoms with E-state index in [-0.39, 0.29) is 22.5 Å². The number of nitrogens with two attached hydrogens (primary N) is 1. The number of hydrogen-bond acceptors (Lipinski definition) is 4. The topological polar surface area (TPSA) is 98.5 Å². The quantitative estimate of drug-likeness (QED) is 0.835. The van der Waals surface area contributed by atoms with Gasteiger partial charge in [0.2, 0.25) is 15.9 Å². The van der Waals surface area contributed by atoms with Crippen molar-refractivity contribution in [2.24, 2.45) is 11.1 Å². The molecule has 0 radical (unpaired) electrons. The summed E-state index contributed by atoms with van der Waals surface area (Å²) in [6, 6.07) is 4.32. The Bertz CT molecular complexity index is 584. The van der Waals surface area contributed by atoms with Gasteiger partial charge < -0.3 is 10.1 Å². The van der Waals surface area contributed by atoms with E-state index >= 15 is 0 Å². The van der Waals surface area contributed by atoms with Crippen LogP contribution in [0.2, 0.25) is 0 Å². The Balaban J connectivity index is 2.96. The summed E-state index contributed by atoms with van der Waals surface area (Å²) in [5.74, 6) is 0.253. The molecule has 1 aromatic rings. The Kier molecular flexibility index (Phi) is 5.52. The zero-order chi connectivity index (χ0) is 15.3. The van der Waals surface area contributed by atoms with Gasteiger partial charge in [0.1, 0.15) is 10.6 Å². The Labute approximate surface area is 119 Å². The summed E-state index contributed by atoms with van der Waals surface area (Å²) in [4.78, 5) is 11.6. The van der Waals surface area contributed by atoms with Crippen molar-refractivity contribution in [3.63, 3.8) is 0 Å². The standard InChI is InChI=1S/C13H20N2O4S/c1-4-9(2)7-13(16)15-10-5-6-11(19-3)12(8-10)20(14,17)18/h5-6,8-9H,4,7H2,1-3H3,(H,15,16)(H2,14,17,18). The largest absolute Gasteiger partial charge is 0.495 e. The van der Waals surface area contributed by atoms with Gasteiger partial charge in [-0.05, 0) is 24.1 Å². The molecular formula is C13H20N2O4S. The van der Waals surface area contributed by atoms with Crippen LogP contribution >= 0.6 is 0 Å². The summed E-state index contributed by atoms with van der Waals surface area (Å²) in [6.07, 6.45) is 1.28. The third kappa shape index (κ3) is 4.50. The summed E-state index contributed by atoms with van der Waals surface area (Å²) in [5.41, 5.74) is 0.378. The van der Waals surface area contributed by atoms with Crippen molar-refractivity contribution in [3.8, 4) is 5.75 Å². The molecule has 0 saturated heterocycles. The Morgan fingerprint density at radius 3 is 2.60 bits per heavy atom. The third-order valence-electron chi connectivity index (χ3n) is 2.98. The lowest BCUT2D eigenvalue weighted by Gasteiger charge is -2.12. The molecule has 1 unspecified atom stereocenters. The number of methoxy groups -OCH3 is 1. The van der Waals surface area contributed by atoms with Crippen LogP contribution in [0.5, 0.6) is 5.75 Å². The van der Waals surface area contributed by atoms with Crippen molar-refractivity contribution < 1.29 is 17.9 Å². The highest BCUT2D eigenvalue weighted by atomic mass is 32.2. The molecule has 0 aliphatic heterocycles. The molecule has 6 nitrogen and oxygen atoms in total. The van der Waals surface area contributed by atoms with E-state index in [0.717, 1.165) is 6.42 Å².